The molecule has 5 rings (SSSR count). The molecule has 182 valence electrons. The first-order valence-corrected chi connectivity index (χ1v) is 11.5. The van der Waals surface area contributed by atoms with Gasteiger partial charge in [-0.2, -0.15) is 15.8 Å². The van der Waals surface area contributed by atoms with Gasteiger partial charge in [-0.1, -0.05) is 48.5 Å². The summed E-state index contributed by atoms with van der Waals surface area (Å²) in [6, 6.07) is 29.3. The van der Waals surface area contributed by atoms with Crippen molar-refractivity contribution in [3.63, 3.8) is 0 Å². The number of hydrogen-bond acceptors (Lipinski definition) is 8. The van der Waals surface area contributed by atoms with Gasteiger partial charge in [-0.15, -0.1) is 0 Å². The molecule has 2 fully saturated rings. The van der Waals surface area contributed by atoms with Crippen molar-refractivity contribution in [2.24, 2.45) is 10.8 Å². The van der Waals surface area contributed by atoms with E-state index in [0.29, 0.717) is 28.4 Å². The van der Waals surface area contributed by atoms with Gasteiger partial charge in [0, 0.05) is 12.5 Å². The van der Waals surface area contributed by atoms with E-state index < -0.39 is 34.5 Å². The molecule has 0 saturated carbocycles. The van der Waals surface area contributed by atoms with Crippen molar-refractivity contribution < 1.29 is 18.9 Å². The topological polar surface area (TPSA) is 132 Å². The zero-order valence-electron chi connectivity index (χ0n) is 20.1. The lowest BCUT2D eigenvalue weighted by Gasteiger charge is -2.49. The minimum atomic E-state index is -2.13. The molecule has 8 nitrogen and oxygen atoms in total. The van der Waals surface area contributed by atoms with Crippen molar-refractivity contribution in [3.05, 3.63) is 90.0 Å². The molecule has 8 heteroatoms. The normalized spacial score (nSPS) is 27.2. The summed E-state index contributed by atoms with van der Waals surface area (Å²) in [5.74, 6) is -1.52. The Morgan fingerprint density at radius 1 is 0.865 bits per heavy atom. The third kappa shape index (κ3) is 3.26. The van der Waals surface area contributed by atoms with E-state index in [1.54, 1.807) is 67.6 Å². The Balaban J connectivity index is 1.69. The third-order valence-electron chi connectivity index (χ3n) is 7.11. The molecule has 0 aliphatic carbocycles. The Morgan fingerprint density at radius 3 is 2.22 bits per heavy atom. The minimum Gasteiger partial charge on any atom is -0.496 e. The smallest absolute Gasteiger partial charge is 0.219 e. The Hall–Kier alpha value is -4.84. The molecule has 37 heavy (non-hydrogen) atoms. The van der Waals surface area contributed by atoms with Crippen molar-refractivity contribution in [2.45, 2.75) is 24.7 Å². The van der Waals surface area contributed by atoms with Crippen LogP contribution in [0.2, 0.25) is 0 Å². The van der Waals surface area contributed by atoms with Gasteiger partial charge in [0.25, 0.3) is 0 Å². The summed E-state index contributed by atoms with van der Waals surface area (Å²) in [7, 11) is 1.49. The number of rotatable bonds is 5. The van der Waals surface area contributed by atoms with E-state index >= 15 is 0 Å². The van der Waals surface area contributed by atoms with Crippen LogP contribution in [0.15, 0.2) is 78.9 Å². The molecule has 1 N–H and O–H groups in total. The molecule has 0 radical (unpaired) electrons. The lowest BCUT2D eigenvalue weighted by molar-refractivity contribution is -0.253. The van der Waals surface area contributed by atoms with Gasteiger partial charge in [-0.3, -0.25) is 5.41 Å². The standard InChI is InChI=1S/C29H22N4O4/c1-27-24(22-13-6-7-14-23(22)34-2)29(18-32,26(33)37-27)28(16-30,17-31)25(36-27)19-9-8-12-21(15-19)35-20-10-4-3-5-11-20/h3-15,24-25,33H,1-2H3. The summed E-state index contributed by atoms with van der Waals surface area (Å²) in [5.41, 5.74) is -3.17. The van der Waals surface area contributed by atoms with Gasteiger partial charge in [0.15, 0.2) is 5.41 Å². The molecule has 0 amide bonds. The summed E-state index contributed by atoms with van der Waals surface area (Å²) in [6.45, 7) is 1.62. The fraction of sp³-hybridized carbons (Fsp3) is 0.241. The van der Waals surface area contributed by atoms with Crippen molar-refractivity contribution in [1.82, 2.24) is 0 Å². The number of nitriles is 3. The number of methoxy groups -OCH3 is 1. The zero-order chi connectivity index (χ0) is 26.3. The molecule has 0 aromatic heterocycles. The molecule has 2 bridgehead atoms. The molecular formula is C29H22N4O4. The van der Waals surface area contributed by atoms with E-state index in [1.807, 2.05) is 18.2 Å². The number of nitrogens with one attached hydrogen (secondary N) is 1. The SMILES string of the molecule is COc1ccccc1C1C2(C)OC(=N)C1(C#N)C(C#N)(C#N)C(c1cccc(Oc3ccccc3)c1)O2. The summed E-state index contributed by atoms with van der Waals surface area (Å²) >= 11 is 0. The molecule has 3 aromatic carbocycles. The van der Waals surface area contributed by atoms with Crippen LogP contribution in [0, 0.1) is 50.2 Å². The van der Waals surface area contributed by atoms with Gasteiger partial charge in [0.2, 0.25) is 17.1 Å². The maximum absolute atomic E-state index is 10.7. The van der Waals surface area contributed by atoms with Crippen LogP contribution in [-0.2, 0) is 9.47 Å². The average Bonchev–Trinajstić information content (AvgIpc) is 3.11. The van der Waals surface area contributed by atoms with Crippen LogP contribution in [-0.4, -0.2) is 18.8 Å². The Labute approximate surface area is 214 Å². The fourth-order valence-corrected chi connectivity index (χ4v) is 5.52. The van der Waals surface area contributed by atoms with Crippen LogP contribution in [0.25, 0.3) is 0 Å². The molecule has 3 aromatic rings. The van der Waals surface area contributed by atoms with Crippen LogP contribution in [0.4, 0.5) is 0 Å². The summed E-state index contributed by atoms with van der Waals surface area (Å²) in [6.07, 6.45) is -1.22. The molecule has 0 spiro atoms. The highest BCUT2D eigenvalue weighted by Crippen LogP contribution is 2.70. The quantitative estimate of drug-likeness (QED) is 0.491. The third-order valence-corrected chi connectivity index (χ3v) is 7.11. The van der Waals surface area contributed by atoms with Crippen molar-refractivity contribution in [3.8, 4) is 35.5 Å². The van der Waals surface area contributed by atoms with Crippen LogP contribution >= 0.6 is 0 Å². The Morgan fingerprint density at radius 2 is 1.54 bits per heavy atom. The van der Waals surface area contributed by atoms with Crippen LogP contribution < -0.4 is 9.47 Å². The average molecular weight is 491 g/mol. The highest BCUT2D eigenvalue weighted by atomic mass is 16.7. The van der Waals surface area contributed by atoms with E-state index in [4.69, 9.17) is 24.4 Å². The maximum Gasteiger partial charge on any atom is 0.219 e. The fourth-order valence-electron chi connectivity index (χ4n) is 5.52. The van der Waals surface area contributed by atoms with E-state index in [2.05, 4.69) is 18.2 Å². The largest absolute Gasteiger partial charge is 0.496 e. The first-order valence-electron chi connectivity index (χ1n) is 11.5. The molecule has 4 unspecified atom stereocenters. The van der Waals surface area contributed by atoms with Gasteiger partial charge in [0.1, 0.15) is 23.4 Å². The minimum absolute atomic E-state index is 0.432. The lowest BCUT2D eigenvalue weighted by atomic mass is 9.52. The highest BCUT2D eigenvalue weighted by Gasteiger charge is 2.80. The summed E-state index contributed by atoms with van der Waals surface area (Å²) in [5, 5.41) is 40.6. The monoisotopic (exact) mass is 490 g/mol. The van der Waals surface area contributed by atoms with Gasteiger partial charge in [-0.05, 0) is 35.9 Å². The predicted molar refractivity (Wildman–Crippen MR) is 131 cm³/mol. The number of nitrogens with zero attached hydrogens (tertiary/aromatic N) is 3. The zero-order valence-corrected chi connectivity index (χ0v) is 20.1. The number of benzene rings is 3. The molecule has 2 aliphatic rings. The second-order valence-corrected chi connectivity index (χ2v) is 9.06. The predicted octanol–water partition coefficient (Wildman–Crippen LogP) is 5.61. The number of fused-ring (bicyclic) bond motifs is 2. The van der Waals surface area contributed by atoms with Gasteiger partial charge in [0.05, 0.1) is 31.2 Å². The lowest BCUT2D eigenvalue weighted by Crippen LogP contribution is -2.57. The second kappa shape index (κ2) is 8.68. The first kappa shape index (κ1) is 23.9. The van der Waals surface area contributed by atoms with E-state index in [0.717, 1.165) is 0 Å². The first-order chi connectivity index (χ1) is 17.9. The van der Waals surface area contributed by atoms with Crippen LogP contribution in [0.3, 0.4) is 0 Å². The number of para-hydroxylation sites is 2. The summed E-state index contributed by atoms with van der Waals surface area (Å²) < 4.78 is 23.9. The molecule has 2 saturated heterocycles. The van der Waals surface area contributed by atoms with Crippen LogP contribution in [0.1, 0.15) is 30.1 Å². The Kier molecular flexibility index (Phi) is 5.60. The van der Waals surface area contributed by atoms with Crippen LogP contribution in [0.5, 0.6) is 17.2 Å². The number of ether oxygens (including phenoxy) is 4. The van der Waals surface area contributed by atoms with Gasteiger partial charge < -0.3 is 18.9 Å². The van der Waals surface area contributed by atoms with Crippen molar-refractivity contribution >= 4 is 5.90 Å². The van der Waals surface area contributed by atoms with E-state index in [1.165, 1.54) is 7.11 Å². The van der Waals surface area contributed by atoms with Gasteiger partial charge >= 0.3 is 0 Å². The highest BCUT2D eigenvalue weighted by molar-refractivity contribution is 5.90. The van der Waals surface area contributed by atoms with Crippen molar-refractivity contribution in [1.29, 1.82) is 21.2 Å². The second-order valence-electron chi connectivity index (χ2n) is 9.06. The maximum atomic E-state index is 10.7. The number of hydrogen-bond donors (Lipinski definition) is 1. The molecular weight excluding hydrogens is 468 g/mol. The molecule has 4 atom stereocenters. The van der Waals surface area contributed by atoms with E-state index in [9.17, 15) is 15.8 Å². The van der Waals surface area contributed by atoms with E-state index in [-0.39, 0.29) is 0 Å². The molecule has 2 aliphatic heterocycles. The molecule has 2 heterocycles. The van der Waals surface area contributed by atoms with Crippen molar-refractivity contribution in [2.75, 3.05) is 7.11 Å². The van der Waals surface area contributed by atoms with Gasteiger partial charge in [-0.25, -0.2) is 0 Å². The Bertz CT molecular complexity index is 1490. The summed E-state index contributed by atoms with van der Waals surface area (Å²) in [4.78, 5) is 0.